The molecule has 2 heterocycles. The first-order valence-corrected chi connectivity index (χ1v) is 9.33. The molecule has 0 aliphatic carbocycles. The van der Waals surface area contributed by atoms with Crippen LogP contribution in [-0.4, -0.2) is 30.9 Å². The minimum atomic E-state index is -0.207. The van der Waals surface area contributed by atoms with E-state index >= 15 is 0 Å². The van der Waals surface area contributed by atoms with E-state index in [0.29, 0.717) is 12.1 Å². The fourth-order valence-electron chi connectivity index (χ4n) is 3.40. The zero-order valence-corrected chi connectivity index (χ0v) is 15.5. The van der Waals surface area contributed by atoms with Crippen LogP contribution in [0.3, 0.4) is 0 Å². The SMILES string of the molecule is O=C1CC([NH+]2CCCCCC2)C(=O)N1c1ccc(Br)cc1Br. The summed E-state index contributed by atoms with van der Waals surface area (Å²) in [6.45, 7) is 2.00. The predicted molar refractivity (Wildman–Crippen MR) is 91.9 cm³/mol. The molecule has 2 amide bonds. The van der Waals surface area contributed by atoms with Crippen molar-refractivity contribution in [1.82, 2.24) is 0 Å². The fraction of sp³-hybridized carbons (Fsp3) is 0.500. The Balaban J connectivity index is 1.84. The number of benzene rings is 1. The number of likely N-dealkylation sites (tertiary alicyclic amines) is 1. The molecule has 1 atom stereocenters. The molecule has 118 valence electrons. The van der Waals surface area contributed by atoms with Crippen LogP contribution in [0.2, 0.25) is 0 Å². The molecule has 0 spiro atoms. The lowest BCUT2D eigenvalue weighted by molar-refractivity contribution is -0.914. The van der Waals surface area contributed by atoms with Crippen molar-refractivity contribution in [3.63, 3.8) is 0 Å². The van der Waals surface area contributed by atoms with Crippen molar-refractivity contribution in [3.05, 3.63) is 27.1 Å². The number of halogens is 2. The van der Waals surface area contributed by atoms with Crippen molar-refractivity contribution in [2.45, 2.75) is 38.1 Å². The summed E-state index contributed by atoms with van der Waals surface area (Å²) in [5, 5.41) is 0. The van der Waals surface area contributed by atoms with Gasteiger partial charge in [0.05, 0.1) is 25.2 Å². The maximum absolute atomic E-state index is 12.8. The van der Waals surface area contributed by atoms with E-state index in [4.69, 9.17) is 0 Å². The molecule has 2 fully saturated rings. The number of nitrogens with one attached hydrogen (secondary N) is 1. The lowest BCUT2D eigenvalue weighted by atomic mass is 10.2. The van der Waals surface area contributed by atoms with Gasteiger partial charge in [-0.25, -0.2) is 4.90 Å². The molecule has 2 aliphatic rings. The number of carbonyl (C=O) groups excluding carboxylic acids is 2. The maximum Gasteiger partial charge on any atom is 0.292 e. The monoisotopic (exact) mass is 429 g/mol. The van der Waals surface area contributed by atoms with E-state index in [0.717, 1.165) is 34.9 Å². The van der Waals surface area contributed by atoms with E-state index in [2.05, 4.69) is 31.9 Å². The molecule has 0 saturated carbocycles. The van der Waals surface area contributed by atoms with Crippen molar-refractivity contribution in [2.75, 3.05) is 18.0 Å². The second-order valence-electron chi connectivity index (χ2n) is 5.99. The van der Waals surface area contributed by atoms with Gasteiger partial charge in [0, 0.05) is 8.95 Å². The lowest BCUT2D eigenvalue weighted by Gasteiger charge is -2.23. The summed E-state index contributed by atoms with van der Waals surface area (Å²) in [4.78, 5) is 27.9. The van der Waals surface area contributed by atoms with E-state index in [9.17, 15) is 9.59 Å². The Morgan fingerprint density at radius 3 is 2.36 bits per heavy atom. The minimum absolute atomic E-state index is 0.0510. The van der Waals surface area contributed by atoms with Gasteiger partial charge in [-0.15, -0.1) is 0 Å². The molecule has 1 unspecified atom stereocenters. The Labute approximate surface area is 147 Å². The highest BCUT2D eigenvalue weighted by Crippen LogP contribution is 2.32. The number of nitrogens with zero attached hydrogens (tertiary/aromatic N) is 1. The molecule has 0 aromatic heterocycles. The van der Waals surface area contributed by atoms with Crippen LogP contribution < -0.4 is 9.80 Å². The average Bonchev–Trinajstić information content (AvgIpc) is 2.69. The van der Waals surface area contributed by atoms with Gasteiger partial charge in [0.15, 0.2) is 6.04 Å². The third-order valence-electron chi connectivity index (χ3n) is 4.54. The van der Waals surface area contributed by atoms with Crippen LogP contribution >= 0.6 is 31.9 Å². The molecule has 6 heteroatoms. The average molecular weight is 431 g/mol. The van der Waals surface area contributed by atoms with Crippen molar-refractivity contribution in [1.29, 1.82) is 0 Å². The van der Waals surface area contributed by atoms with Crippen LogP contribution in [0.4, 0.5) is 5.69 Å². The predicted octanol–water partition coefficient (Wildman–Crippen LogP) is 2.30. The number of quaternary nitrogens is 1. The lowest BCUT2D eigenvalue weighted by Crippen LogP contribution is -3.16. The second kappa shape index (κ2) is 6.81. The first kappa shape index (κ1) is 16.1. The van der Waals surface area contributed by atoms with Crippen LogP contribution in [0, 0.1) is 0 Å². The molecule has 1 aromatic carbocycles. The van der Waals surface area contributed by atoms with Crippen molar-refractivity contribution < 1.29 is 14.5 Å². The number of hydrogen-bond acceptors (Lipinski definition) is 2. The Bertz CT molecular complexity index is 598. The van der Waals surface area contributed by atoms with Crippen molar-refractivity contribution in [2.24, 2.45) is 0 Å². The Kier molecular flexibility index (Phi) is 5.00. The van der Waals surface area contributed by atoms with Crippen molar-refractivity contribution in [3.8, 4) is 0 Å². The smallest absolute Gasteiger partial charge is 0.292 e. The molecule has 1 N–H and O–H groups in total. The zero-order chi connectivity index (χ0) is 15.7. The van der Waals surface area contributed by atoms with Crippen LogP contribution in [-0.2, 0) is 9.59 Å². The summed E-state index contributed by atoms with van der Waals surface area (Å²) in [6.07, 6.45) is 5.10. The molecule has 4 nitrogen and oxygen atoms in total. The van der Waals surface area contributed by atoms with Gasteiger partial charge in [-0.1, -0.05) is 15.9 Å². The molecule has 1 aromatic rings. The standard InChI is InChI=1S/C16H18Br2N2O2/c17-11-5-6-13(12(18)9-11)20-15(21)10-14(16(20)22)19-7-3-1-2-4-8-19/h5-6,9,14H,1-4,7-8,10H2/p+1. The number of anilines is 1. The topological polar surface area (TPSA) is 41.8 Å². The molecule has 2 saturated heterocycles. The van der Waals surface area contributed by atoms with Crippen LogP contribution in [0.25, 0.3) is 0 Å². The maximum atomic E-state index is 12.8. The summed E-state index contributed by atoms with van der Waals surface area (Å²) in [5.74, 6) is -0.139. The first-order valence-electron chi connectivity index (χ1n) is 7.74. The molecule has 0 bridgehead atoms. The van der Waals surface area contributed by atoms with E-state index in [-0.39, 0.29) is 17.9 Å². The molecular formula is C16H19Br2N2O2+. The fourth-order valence-corrected chi connectivity index (χ4v) is 4.62. The van der Waals surface area contributed by atoms with Gasteiger partial charge in [0.1, 0.15) is 0 Å². The molecular weight excluding hydrogens is 412 g/mol. The van der Waals surface area contributed by atoms with E-state index in [1.807, 2.05) is 18.2 Å². The number of imide groups is 1. The van der Waals surface area contributed by atoms with Gasteiger partial charge in [-0.3, -0.25) is 9.59 Å². The van der Waals surface area contributed by atoms with E-state index in [1.54, 1.807) is 0 Å². The highest BCUT2D eigenvalue weighted by atomic mass is 79.9. The van der Waals surface area contributed by atoms with Crippen LogP contribution in [0.1, 0.15) is 32.1 Å². The summed E-state index contributed by atoms with van der Waals surface area (Å²) < 4.78 is 1.67. The molecule has 2 aliphatic heterocycles. The van der Waals surface area contributed by atoms with Crippen molar-refractivity contribution >= 4 is 49.4 Å². The number of carbonyl (C=O) groups is 2. The zero-order valence-electron chi connectivity index (χ0n) is 12.3. The summed E-state index contributed by atoms with van der Waals surface area (Å²) in [7, 11) is 0. The van der Waals surface area contributed by atoms with E-state index < -0.39 is 0 Å². The summed E-state index contributed by atoms with van der Waals surface area (Å²) in [5.41, 5.74) is 0.648. The highest BCUT2D eigenvalue weighted by Gasteiger charge is 2.46. The number of hydrogen-bond donors (Lipinski definition) is 1. The summed E-state index contributed by atoms with van der Waals surface area (Å²) >= 11 is 6.85. The summed E-state index contributed by atoms with van der Waals surface area (Å²) in [6, 6.07) is 5.32. The minimum Gasteiger partial charge on any atom is -0.324 e. The highest BCUT2D eigenvalue weighted by molar-refractivity contribution is 9.11. The molecule has 0 radical (unpaired) electrons. The van der Waals surface area contributed by atoms with E-state index in [1.165, 1.54) is 22.6 Å². The van der Waals surface area contributed by atoms with Crippen LogP contribution in [0.15, 0.2) is 27.1 Å². The number of amides is 2. The Morgan fingerprint density at radius 2 is 1.73 bits per heavy atom. The molecule has 22 heavy (non-hydrogen) atoms. The number of rotatable bonds is 2. The molecule has 3 rings (SSSR count). The van der Waals surface area contributed by atoms with Gasteiger partial charge in [-0.05, 0) is 59.8 Å². The Morgan fingerprint density at radius 1 is 1.05 bits per heavy atom. The van der Waals surface area contributed by atoms with Gasteiger partial charge >= 0.3 is 0 Å². The normalized spacial score (nSPS) is 23.9. The van der Waals surface area contributed by atoms with Crippen LogP contribution in [0.5, 0.6) is 0 Å². The first-order chi connectivity index (χ1) is 10.6. The van der Waals surface area contributed by atoms with Gasteiger partial charge in [0.2, 0.25) is 5.91 Å². The second-order valence-corrected chi connectivity index (χ2v) is 7.76. The third-order valence-corrected chi connectivity index (χ3v) is 5.66. The largest absolute Gasteiger partial charge is 0.324 e. The van der Waals surface area contributed by atoms with Gasteiger partial charge in [0.25, 0.3) is 5.91 Å². The quantitative estimate of drug-likeness (QED) is 0.731. The van der Waals surface area contributed by atoms with Gasteiger partial charge < -0.3 is 4.90 Å². The van der Waals surface area contributed by atoms with Gasteiger partial charge in [-0.2, -0.15) is 0 Å². The Hall–Kier alpha value is -0.720. The third kappa shape index (κ3) is 3.14.